The van der Waals surface area contributed by atoms with Crippen LogP contribution in [0.4, 0.5) is 92.2 Å². The molecular formula is C37H12BF21N2O2. The predicted molar refractivity (Wildman–Crippen MR) is 171 cm³/mol. The van der Waals surface area contributed by atoms with Crippen LogP contribution in [0.15, 0.2) is 48.9 Å². The topological polar surface area (TPSA) is 43.1 Å². The van der Waals surface area contributed by atoms with Gasteiger partial charge in [-0.3, -0.25) is 4.79 Å². The number of hydrogen-bond acceptors (Lipinski definition) is 3. The van der Waals surface area contributed by atoms with E-state index in [1.54, 1.807) is 30.5 Å². The van der Waals surface area contributed by atoms with Crippen molar-refractivity contribution >= 4 is 33.8 Å². The molecule has 6 aromatic rings. The largest absolute Gasteiger partial charge is 0.411 e. The number of alkyl halides is 1. The molecule has 1 heterocycles. The highest BCUT2D eigenvalue weighted by Crippen LogP contribution is 2.30. The van der Waals surface area contributed by atoms with E-state index in [1.165, 1.54) is 17.0 Å². The number of hydrogen-bond donors (Lipinski definition) is 0. The van der Waals surface area contributed by atoms with E-state index in [0.29, 0.717) is 5.56 Å². The number of Topliss-reactive ketones (excluding diaryl/α,β-unsaturated/α-hetero) is 1. The van der Waals surface area contributed by atoms with Crippen molar-refractivity contribution in [3.05, 3.63) is 171 Å². The molecule has 6 rings (SSSR count). The van der Waals surface area contributed by atoms with E-state index >= 15 is 35.1 Å². The third-order valence-corrected chi connectivity index (χ3v) is 9.12. The van der Waals surface area contributed by atoms with Gasteiger partial charge in [-0.15, -0.1) is 21.9 Å². The number of halogens is 21. The number of ketones is 1. The molecule has 0 aliphatic rings. The molecule has 0 amide bonds. The Balaban J connectivity index is 0.000000345. The molecule has 0 aliphatic carbocycles. The lowest BCUT2D eigenvalue weighted by Gasteiger charge is -2.44. The molecule has 0 saturated heterocycles. The maximum absolute atomic E-state index is 15.4. The van der Waals surface area contributed by atoms with Crippen molar-refractivity contribution in [1.82, 2.24) is 4.98 Å². The number of benzene rings is 5. The van der Waals surface area contributed by atoms with Gasteiger partial charge in [0.1, 0.15) is 58.9 Å². The fraction of sp³-hybridized carbons (Fsp3) is 0.0541. The Morgan fingerprint density at radius 2 is 0.746 bits per heavy atom. The molecule has 0 radical (unpaired) electrons. The van der Waals surface area contributed by atoms with Crippen molar-refractivity contribution in [2.24, 2.45) is 0 Å². The lowest BCUT2D eigenvalue weighted by Crippen LogP contribution is -2.81. The number of carbonyl (C=O) groups is 1. The average molecular weight is 926 g/mol. The number of aromatic nitrogens is 2. The molecule has 332 valence electrons. The van der Waals surface area contributed by atoms with E-state index in [9.17, 15) is 61.9 Å². The summed E-state index contributed by atoms with van der Waals surface area (Å²) in [5.41, 5.74) is -13.7. The lowest BCUT2D eigenvalue weighted by molar-refractivity contribution is -0.689. The highest BCUT2D eigenvalue weighted by Gasteiger charge is 2.52. The Morgan fingerprint density at radius 1 is 0.460 bits per heavy atom. The second-order valence-corrected chi connectivity index (χ2v) is 12.4. The number of nitrogens with zero attached hydrogens (tertiary/aromatic N) is 2. The van der Waals surface area contributed by atoms with Crippen LogP contribution < -0.4 is 31.2 Å². The summed E-state index contributed by atoms with van der Waals surface area (Å²) in [6.07, 6.45) is -2.75. The van der Waals surface area contributed by atoms with Gasteiger partial charge in [-0.25, -0.2) is 97.2 Å². The highest BCUT2D eigenvalue weighted by atomic mass is 19.2. The zero-order chi connectivity index (χ0) is 47.2. The van der Waals surface area contributed by atoms with Crippen molar-refractivity contribution in [1.29, 1.82) is 0 Å². The van der Waals surface area contributed by atoms with Crippen molar-refractivity contribution in [2.75, 3.05) is 6.86 Å². The Hall–Kier alpha value is -6.76. The fourth-order valence-electron chi connectivity index (χ4n) is 6.42. The zero-order valence-corrected chi connectivity index (χ0v) is 29.8. The van der Waals surface area contributed by atoms with E-state index in [0.717, 1.165) is 0 Å². The van der Waals surface area contributed by atoms with Crippen LogP contribution in [0.3, 0.4) is 0 Å². The summed E-state index contributed by atoms with van der Waals surface area (Å²) >= 11 is 0. The minimum Gasteiger partial charge on any atom is -0.411 e. The number of ether oxygens (including phenoxy) is 1. The summed E-state index contributed by atoms with van der Waals surface area (Å²) in [6.45, 7) is -0.868. The SMILES string of the molecule is Fc1c(F)c(F)c([B-](c2c(F)c(F)c(F)c(F)c2F)(c2c(F)c(F)c(F)c(F)c2F)c2c(F)c(F)c(F)c(F)c2F)c(F)c1F.O=C(C[n+]1ccncc1OCF)c1ccccc1. The first-order valence-corrected chi connectivity index (χ1v) is 16.3. The molecular weight excluding hydrogens is 914 g/mol. The molecule has 0 saturated carbocycles. The lowest BCUT2D eigenvalue weighted by atomic mass is 9.12. The van der Waals surface area contributed by atoms with E-state index in [1.807, 2.05) is 6.07 Å². The Bertz CT molecular complexity index is 2430. The summed E-state index contributed by atoms with van der Waals surface area (Å²) in [7, 11) is 0. The maximum atomic E-state index is 15.4. The van der Waals surface area contributed by atoms with Crippen molar-refractivity contribution < 1.29 is 106 Å². The third kappa shape index (κ3) is 7.63. The second kappa shape index (κ2) is 17.9. The molecule has 0 atom stereocenters. The molecule has 0 N–H and O–H groups in total. The first kappa shape index (κ1) is 47.3. The summed E-state index contributed by atoms with van der Waals surface area (Å²) < 4.78 is 312. The van der Waals surface area contributed by atoms with E-state index in [-0.39, 0.29) is 18.2 Å². The minimum atomic E-state index is -7.22. The standard InChI is InChI=1S/C24BF20.C13H12FN2O2/c26-5-1(6(27)14(35)21(42)13(5)34)25(2-7(28)15(36)22(43)16(37)8(2)29,3-9(30)17(38)23(44)18(39)10(3)31)4-11(32)19(40)24(45)20(41)12(4)33;14-10-18-13-8-15-6-7-16(13)9-12(17)11-4-2-1-3-5-11/h;1-8H,9-10H2/q-1;+1. The summed E-state index contributed by atoms with van der Waals surface area (Å²) in [4.78, 5) is 15.8. The van der Waals surface area contributed by atoms with Gasteiger partial charge in [0.25, 0.3) is 0 Å². The van der Waals surface area contributed by atoms with Gasteiger partial charge in [-0.2, -0.15) is 4.57 Å². The normalized spacial score (nSPS) is 11.4. The van der Waals surface area contributed by atoms with E-state index < -0.39 is 151 Å². The van der Waals surface area contributed by atoms with Crippen LogP contribution in [-0.4, -0.2) is 23.8 Å². The van der Waals surface area contributed by atoms with Crippen LogP contribution >= 0.6 is 0 Å². The van der Waals surface area contributed by atoms with Gasteiger partial charge >= 0.3 is 5.88 Å². The zero-order valence-electron chi connectivity index (χ0n) is 29.8. The molecule has 4 nitrogen and oxygen atoms in total. The summed E-state index contributed by atoms with van der Waals surface area (Å²) in [5.74, 6) is -71.3. The van der Waals surface area contributed by atoms with Crippen LogP contribution in [0.2, 0.25) is 0 Å². The van der Waals surface area contributed by atoms with Crippen LogP contribution in [0.1, 0.15) is 10.4 Å². The van der Waals surface area contributed by atoms with Gasteiger partial charge in [0.15, 0.2) is 76.0 Å². The van der Waals surface area contributed by atoms with Gasteiger partial charge in [0.05, 0.1) is 6.20 Å². The Morgan fingerprint density at radius 3 is 1.03 bits per heavy atom. The van der Waals surface area contributed by atoms with Crippen LogP contribution in [-0.2, 0) is 6.54 Å². The van der Waals surface area contributed by atoms with E-state index in [2.05, 4.69) is 4.98 Å². The fourth-order valence-corrected chi connectivity index (χ4v) is 6.42. The summed E-state index contributed by atoms with van der Waals surface area (Å²) in [5, 5.41) is 0. The smallest absolute Gasteiger partial charge is 0.389 e. The predicted octanol–water partition coefficient (Wildman–Crippen LogP) is 7.40. The molecule has 0 aliphatic heterocycles. The Kier molecular flexibility index (Phi) is 13.5. The molecule has 0 spiro atoms. The minimum absolute atomic E-state index is 0.0736. The average Bonchev–Trinajstić information content (AvgIpc) is 3.27. The van der Waals surface area contributed by atoms with E-state index in [4.69, 9.17) is 4.74 Å². The molecule has 1 aromatic heterocycles. The second-order valence-electron chi connectivity index (χ2n) is 12.4. The van der Waals surface area contributed by atoms with Crippen LogP contribution in [0.25, 0.3) is 0 Å². The monoisotopic (exact) mass is 926 g/mol. The number of carbonyl (C=O) groups excluding carboxylic acids is 1. The van der Waals surface area contributed by atoms with Gasteiger partial charge in [-0.1, -0.05) is 30.3 Å². The van der Waals surface area contributed by atoms with Crippen molar-refractivity contribution in [3.63, 3.8) is 0 Å². The molecule has 26 heteroatoms. The van der Waals surface area contributed by atoms with Gasteiger partial charge in [0, 0.05) is 5.56 Å². The highest BCUT2D eigenvalue weighted by molar-refractivity contribution is 7.20. The van der Waals surface area contributed by atoms with Crippen LogP contribution in [0.5, 0.6) is 5.88 Å². The molecule has 5 aromatic carbocycles. The molecule has 0 bridgehead atoms. The molecule has 0 unspecified atom stereocenters. The van der Waals surface area contributed by atoms with Crippen LogP contribution in [0, 0.1) is 116 Å². The maximum Gasteiger partial charge on any atom is 0.389 e. The van der Waals surface area contributed by atoms with Crippen molar-refractivity contribution in [2.45, 2.75) is 6.54 Å². The first-order valence-electron chi connectivity index (χ1n) is 16.3. The van der Waals surface area contributed by atoms with Crippen molar-refractivity contribution in [3.8, 4) is 5.88 Å². The van der Waals surface area contributed by atoms with Gasteiger partial charge < -0.3 is 4.74 Å². The Labute approximate surface area is 335 Å². The quantitative estimate of drug-likeness (QED) is 0.0380. The first-order chi connectivity index (χ1) is 29.5. The van der Waals surface area contributed by atoms with Gasteiger partial charge in [0.2, 0.25) is 19.2 Å². The third-order valence-electron chi connectivity index (χ3n) is 9.12. The summed E-state index contributed by atoms with van der Waals surface area (Å²) in [6, 6.07) is 8.90. The van der Waals surface area contributed by atoms with Gasteiger partial charge in [-0.05, 0) is 0 Å². The number of rotatable bonds is 9. The molecule has 0 fully saturated rings. The molecule has 63 heavy (non-hydrogen) atoms.